The highest BCUT2D eigenvalue weighted by atomic mass is 32.2. The Hall–Kier alpha value is -0.490. The Morgan fingerprint density at radius 3 is 2.78 bits per heavy atom. The van der Waals surface area contributed by atoms with Gasteiger partial charge in [-0.25, -0.2) is 4.98 Å². The maximum absolute atomic E-state index is 5.15. The summed E-state index contributed by atoms with van der Waals surface area (Å²) in [5, 5.41) is 1.14. The molecule has 0 aliphatic heterocycles. The van der Waals surface area contributed by atoms with Crippen molar-refractivity contribution in [2.75, 3.05) is 7.11 Å². The number of nitrogens with zero attached hydrogens (tertiary/aromatic N) is 1. The van der Waals surface area contributed by atoms with Gasteiger partial charge in [-0.2, -0.15) is 12.6 Å². The van der Waals surface area contributed by atoms with Crippen molar-refractivity contribution in [1.29, 1.82) is 0 Å². The smallest absolute Gasteiger partial charge is 0.103 e. The van der Waals surface area contributed by atoms with E-state index in [-0.39, 0.29) is 0 Å². The summed E-state index contributed by atoms with van der Waals surface area (Å²) in [5.41, 5.74) is 1.03. The van der Waals surface area contributed by atoms with Crippen molar-refractivity contribution in [2.45, 2.75) is 23.0 Å². The Morgan fingerprint density at radius 1 is 1.33 bits per heavy atom. The van der Waals surface area contributed by atoms with Crippen molar-refractivity contribution >= 4 is 35.7 Å². The lowest BCUT2D eigenvalue weighted by Crippen LogP contribution is -1.91. The van der Waals surface area contributed by atoms with E-state index in [1.807, 2.05) is 6.07 Å². The number of aromatic nitrogens is 1. The lowest BCUT2D eigenvalue weighted by atomic mass is 10.4. The van der Waals surface area contributed by atoms with Gasteiger partial charge in [-0.1, -0.05) is 18.2 Å². The summed E-state index contributed by atoms with van der Waals surface area (Å²) in [4.78, 5) is 7.09. The minimum absolute atomic E-state index is 0.572. The zero-order valence-corrected chi connectivity index (χ0v) is 12.7. The number of methoxy groups -OCH3 is 1. The van der Waals surface area contributed by atoms with E-state index >= 15 is 0 Å². The van der Waals surface area contributed by atoms with Crippen LogP contribution in [-0.2, 0) is 22.8 Å². The third-order valence-corrected chi connectivity index (χ3v) is 5.19. The number of hydrogen-bond acceptors (Lipinski definition) is 5. The van der Waals surface area contributed by atoms with Crippen molar-refractivity contribution in [3.05, 3.63) is 45.9 Å². The molecule has 0 aliphatic carbocycles. The molecule has 0 N–H and O–H groups in total. The predicted octanol–water partition coefficient (Wildman–Crippen LogP) is 4.01. The highest BCUT2D eigenvalue weighted by molar-refractivity contribution is 7.98. The van der Waals surface area contributed by atoms with Crippen LogP contribution in [0.1, 0.15) is 15.6 Å². The van der Waals surface area contributed by atoms with Gasteiger partial charge in [0, 0.05) is 22.6 Å². The van der Waals surface area contributed by atoms with Gasteiger partial charge in [0.2, 0.25) is 0 Å². The molecular weight excluding hydrogens is 282 g/mol. The normalized spacial score (nSPS) is 10.8. The van der Waals surface area contributed by atoms with Crippen molar-refractivity contribution in [3.63, 3.8) is 0 Å². The second-order valence-electron chi connectivity index (χ2n) is 3.67. The Labute approximate surface area is 121 Å². The van der Waals surface area contributed by atoms with E-state index in [0.717, 1.165) is 22.2 Å². The number of rotatable bonds is 6. The van der Waals surface area contributed by atoms with Crippen LogP contribution < -0.4 is 0 Å². The molecule has 0 radical (unpaired) electrons. The van der Waals surface area contributed by atoms with Crippen LogP contribution >= 0.6 is 35.7 Å². The fourth-order valence-electron chi connectivity index (χ4n) is 1.53. The Morgan fingerprint density at radius 2 is 2.11 bits per heavy atom. The minimum Gasteiger partial charge on any atom is -0.378 e. The van der Waals surface area contributed by atoms with Gasteiger partial charge in [0.05, 0.1) is 18.1 Å². The van der Waals surface area contributed by atoms with Crippen LogP contribution in [0.25, 0.3) is 0 Å². The average Bonchev–Trinajstić information content (AvgIpc) is 2.80. The minimum atomic E-state index is 0.572. The van der Waals surface area contributed by atoms with E-state index in [2.05, 4.69) is 41.9 Å². The van der Waals surface area contributed by atoms with E-state index in [0.29, 0.717) is 6.61 Å². The number of benzene rings is 1. The first-order valence-electron chi connectivity index (χ1n) is 5.58. The molecule has 0 atom stereocenters. The molecule has 2 aromatic rings. The van der Waals surface area contributed by atoms with Crippen LogP contribution in [-0.4, -0.2) is 12.1 Å². The quantitative estimate of drug-likeness (QED) is 0.643. The number of thiol groups is 1. The van der Waals surface area contributed by atoms with Gasteiger partial charge in [0.15, 0.2) is 0 Å². The second-order valence-corrected chi connectivity index (χ2v) is 6.20. The van der Waals surface area contributed by atoms with Gasteiger partial charge >= 0.3 is 0 Å². The standard InChI is InChI=1S/C13H15NOS3/c1-15-7-11-12(8-16)18-13(14-11)9-17-10-5-3-2-4-6-10/h2-6,16H,7-9H2,1H3. The summed E-state index contributed by atoms with van der Waals surface area (Å²) in [6, 6.07) is 10.4. The molecule has 1 aromatic heterocycles. The molecule has 1 aromatic carbocycles. The fourth-order valence-corrected chi connectivity index (χ4v) is 3.75. The molecule has 0 bridgehead atoms. The van der Waals surface area contributed by atoms with Gasteiger partial charge in [-0.05, 0) is 12.1 Å². The van der Waals surface area contributed by atoms with Crippen molar-refractivity contribution < 1.29 is 4.74 Å². The first kappa shape index (κ1) is 13.9. The number of hydrogen-bond donors (Lipinski definition) is 1. The Bertz CT molecular complexity index is 484. The summed E-state index contributed by atoms with van der Waals surface area (Å²) in [7, 11) is 1.69. The van der Waals surface area contributed by atoms with E-state index in [1.54, 1.807) is 30.2 Å². The van der Waals surface area contributed by atoms with Gasteiger partial charge < -0.3 is 4.74 Å². The van der Waals surface area contributed by atoms with Crippen LogP contribution in [0.4, 0.5) is 0 Å². The Balaban J connectivity index is 2.01. The van der Waals surface area contributed by atoms with Crippen LogP contribution in [0.15, 0.2) is 35.2 Å². The van der Waals surface area contributed by atoms with Crippen LogP contribution in [0.3, 0.4) is 0 Å². The molecule has 2 rings (SSSR count). The topological polar surface area (TPSA) is 22.1 Å². The molecular formula is C13H15NOS3. The van der Waals surface area contributed by atoms with Gasteiger partial charge in [-0.3, -0.25) is 0 Å². The van der Waals surface area contributed by atoms with Crippen LogP contribution in [0.2, 0.25) is 0 Å². The van der Waals surface area contributed by atoms with Crippen molar-refractivity contribution in [3.8, 4) is 0 Å². The fraction of sp³-hybridized carbons (Fsp3) is 0.308. The van der Waals surface area contributed by atoms with E-state index in [1.165, 1.54) is 9.77 Å². The molecule has 1 heterocycles. The summed E-state index contributed by atoms with van der Waals surface area (Å²) in [5.74, 6) is 1.63. The number of thioether (sulfide) groups is 1. The van der Waals surface area contributed by atoms with E-state index < -0.39 is 0 Å². The monoisotopic (exact) mass is 297 g/mol. The summed E-state index contributed by atoms with van der Waals surface area (Å²) >= 11 is 7.87. The summed E-state index contributed by atoms with van der Waals surface area (Å²) in [6.07, 6.45) is 0. The third kappa shape index (κ3) is 3.75. The zero-order valence-electron chi connectivity index (χ0n) is 10.1. The first-order valence-corrected chi connectivity index (χ1v) is 8.02. The lowest BCUT2D eigenvalue weighted by molar-refractivity contribution is 0.181. The zero-order chi connectivity index (χ0) is 12.8. The van der Waals surface area contributed by atoms with Gasteiger partial charge in [0.1, 0.15) is 5.01 Å². The third-order valence-electron chi connectivity index (χ3n) is 2.35. The molecule has 0 amide bonds. The molecule has 0 aliphatic rings. The highest BCUT2D eigenvalue weighted by Crippen LogP contribution is 2.28. The molecule has 96 valence electrons. The first-order chi connectivity index (χ1) is 8.83. The molecule has 5 heteroatoms. The predicted molar refractivity (Wildman–Crippen MR) is 81.5 cm³/mol. The van der Waals surface area contributed by atoms with Gasteiger partial charge in [-0.15, -0.1) is 23.1 Å². The molecule has 0 unspecified atom stereocenters. The second kappa shape index (κ2) is 7.19. The molecule has 0 saturated carbocycles. The lowest BCUT2D eigenvalue weighted by Gasteiger charge is -1.97. The summed E-state index contributed by atoms with van der Waals surface area (Å²) in [6.45, 7) is 0.572. The molecule has 0 spiro atoms. The number of thiazole rings is 1. The summed E-state index contributed by atoms with van der Waals surface area (Å²) < 4.78 is 5.15. The molecule has 0 fully saturated rings. The van der Waals surface area contributed by atoms with Crippen LogP contribution in [0, 0.1) is 0 Å². The van der Waals surface area contributed by atoms with Crippen molar-refractivity contribution in [2.24, 2.45) is 0 Å². The van der Waals surface area contributed by atoms with Gasteiger partial charge in [0.25, 0.3) is 0 Å². The molecule has 0 saturated heterocycles. The molecule has 18 heavy (non-hydrogen) atoms. The Kier molecular flexibility index (Phi) is 5.56. The SMILES string of the molecule is COCc1nc(CSc2ccccc2)sc1CS. The van der Waals surface area contributed by atoms with E-state index in [4.69, 9.17) is 4.74 Å². The van der Waals surface area contributed by atoms with Crippen molar-refractivity contribution in [1.82, 2.24) is 4.98 Å². The number of ether oxygens (including phenoxy) is 1. The molecule has 2 nitrogen and oxygen atoms in total. The van der Waals surface area contributed by atoms with E-state index in [9.17, 15) is 0 Å². The largest absolute Gasteiger partial charge is 0.378 e. The highest BCUT2D eigenvalue weighted by Gasteiger charge is 2.09. The maximum Gasteiger partial charge on any atom is 0.103 e. The van der Waals surface area contributed by atoms with Crippen LogP contribution in [0.5, 0.6) is 0 Å². The average molecular weight is 297 g/mol. The maximum atomic E-state index is 5.15.